The van der Waals surface area contributed by atoms with Gasteiger partial charge in [-0.3, -0.25) is 32.5 Å². The maximum atomic E-state index is 16.5. The van der Waals surface area contributed by atoms with Crippen LogP contribution in [-0.4, -0.2) is 91.6 Å². The number of H-pyrrole nitrogens is 1. The first-order valence-electron chi connectivity index (χ1n) is 22.3. The van der Waals surface area contributed by atoms with Crippen molar-refractivity contribution in [1.82, 2.24) is 29.1 Å². The molecule has 8 rings (SSSR count). The summed E-state index contributed by atoms with van der Waals surface area (Å²) >= 11 is 0.584. The quantitative estimate of drug-likeness (QED) is 0.0313. The molecule has 10 atom stereocenters. The maximum absolute atomic E-state index is 16.5. The number of nitrogen functional groups attached to an aromatic ring is 1. The summed E-state index contributed by atoms with van der Waals surface area (Å²) in [5.74, 6) is 0.0618. The van der Waals surface area contributed by atoms with Gasteiger partial charge in [-0.25, -0.2) is 37.9 Å². The molecule has 2 aromatic carbocycles. The number of phosphoric ester groups is 1. The Morgan fingerprint density at radius 3 is 2.16 bits per heavy atom. The van der Waals surface area contributed by atoms with Crippen molar-refractivity contribution in [3.8, 4) is 11.5 Å². The molecule has 2 unspecified atom stereocenters. The molecular weight excluding hydrogens is 983 g/mol. The van der Waals surface area contributed by atoms with Crippen molar-refractivity contribution in [3.63, 3.8) is 0 Å². The summed E-state index contributed by atoms with van der Waals surface area (Å²) in [6, 6.07) is 13.7. The van der Waals surface area contributed by atoms with Gasteiger partial charge in [0.15, 0.2) is 36.3 Å². The van der Waals surface area contributed by atoms with Crippen LogP contribution in [0.1, 0.15) is 86.7 Å². The third-order valence-corrected chi connectivity index (χ3v) is 16.1. The normalized spacial score (nSPS) is 27.9. The van der Waals surface area contributed by atoms with Crippen molar-refractivity contribution >= 4 is 49.0 Å². The van der Waals surface area contributed by atoms with E-state index < -0.39 is 94.3 Å². The number of ether oxygens (including phenoxy) is 4. The Balaban J connectivity index is 0.00000722. The van der Waals surface area contributed by atoms with Crippen molar-refractivity contribution in [3.05, 3.63) is 113 Å². The molecule has 26 heteroatoms. The van der Waals surface area contributed by atoms with Gasteiger partial charge in [0, 0.05) is 25.4 Å². The highest BCUT2D eigenvalue weighted by Gasteiger charge is 2.54. The summed E-state index contributed by atoms with van der Waals surface area (Å²) in [6.07, 6.45) is -2.60. The van der Waals surface area contributed by atoms with E-state index in [2.05, 4.69) is 21.9 Å². The summed E-state index contributed by atoms with van der Waals surface area (Å²) in [5.41, 5.74) is 4.98. The second kappa shape index (κ2) is 23.5. The number of carbonyl (C=O) groups is 1. The van der Waals surface area contributed by atoms with Gasteiger partial charge in [0.1, 0.15) is 47.8 Å². The number of nitrogens with two attached hydrogens (primary N) is 1. The zero-order valence-corrected chi connectivity index (χ0v) is 40.7. The lowest BCUT2D eigenvalue weighted by atomic mass is 10.1. The molecule has 70 heavy (non-hydrogen) atoms. The predicted octanol–water partition coefficient (Wildman–Crippen LogP) is 6.95. The Kier molecular flexibility index (Phi) is 17.7. The standard InChI is InChI=1S/C43H51F2N7O14P2S.CH3/c1-2-3-4-5-6-7-8-9-20-59-28-16-12-27(13-17-28)42(54)62-29-14-10-26(11-15-29)23-69-68(58)61-22-31-36(33(44)41(64-31)52-25-49-35-38(46)47-24-48-39(35)52)65-67(56,57)60-21-30-37(66-68)34(45)40(63-30)51-19-18-32(53)50-43(51)55;/h10-19,24-25,30-31,33-34,36-37,40-41H,2-9,20-23H2,1H3,(H,56,57)(H2,46,47,48)(H,50,53,55);1H3/q;+1/p-1/t30-,31-,33-,34-,36-,37-,40-,41-,68?;/m1./s1. The summed E-state index contributed by atoms with van der Waals surface area (Å²) in [7, 11) is -5.49. The number of fused-ring (bicyclic) bond motifs is 3. The van der Waals surface area contributed by atoms with E-state index in [4.69, 9.17) is 42.8 Å². The molecule has 0 aliphatic carbocycles. The molecule has 0 bridgehead atoms. The number of unbranched alkanes of at least 4 members (excludes halogenated alkanes) is 7. The third kappa shape index (κ3) is 12.7. The van der Waals surface area contributed by atoms with Gasteiger partial charge < -0.3 is 38.6 Å². The monoisotopic (exact) mass is 1040 g/mol. The first-order chi connectivity index (χ1) is 33.2. The SMILES string of the molecule is CCCCCCCCCCOc1ccc(C(=O)Oc2ccc(CSP3(=O)OC[C@H]4O[C@@H](n5cnc6c(N)ncnc65)[C@H](F)[C@@H]4OP(=O)([O-])OC[C@H]4O[C@@H](n5ccc(=O)[nH]c5=O)[C@H](F)[C@@H]4O3)cc2)cc1.[CH3+]. The molecule has 6 heterocycles. The lowest BCUT2D eigenvalue weighted by molar-refractivity contribution is -0.235. The van der Waals surface area contributed by atoms with E-state index in [1.165, 1.54) is 50.7 Å². The third-order valence-electron chi connectivity index (χ3n) is 11.5. The minimum Gasteiger partial charge on any atom is -0.756 e. The van der Waals surface area contributed by atoms with Gasteiger partial charge in [-0.05, 0) is 59.8 Å². The highest BCUT2D eigenvalue weighted by atomic mass is 32.7. The Labute approximate surface area is 404 Å². The van der Waals surface area contributed by atoms with E-state index in [9.17, 15) is 28.4 Å². The van der Waals surface area contributed by atoms with Crippen LogP contribution < -0.4 is 31.3 Å². The molecule has 0 saturated carbocycles. The Hall–Kier alpha value is -5.00. The zero-order valence-electron chi connectivity index (χ0n) is 38.1. The average Bonchev–Trinajstić information content (AvgIpc) is 3.99. The summed E-state index contributed by atoms with van der Waals surface area (Å²) in [5, 5.41) is 0. The number of anilines is 1. The molecule has 21 nitrogen and oxygen atoms in total. The average molecular weight is 1040 g/mol. The molecule has 0 spiro atoms. The van der Waals surface area contributed by atoms with Crippen LogP contribution in [0.2, 0.25) is 0 Å². The number of carbonyl (C=O) groups excluding carboxylic acids is 1. The molecule has 0 radical (unpaired) electrons. The second-order valence-corrected chi connectivity index (χ2v) is 21.8. The van der Waals surface area contributed by atoms with Crippen LogP contribution >= 0.6 is 26.0 Å². The molecule has 3 aromatic heterocycles. The maximum Gasteiger partial charge on any atom is 0.389 e. The fourth-order valence-corrected chi connectivity index (χ4v) is 12.2. The molecule has 3 N–H and O–H groups in total. The number of nitrogens with one attached hydrogen (secondary N) is 1. The van der Waals surface area contributed by atoms with E-state index in [1.54, 1.807) is 36.4 Å². The second-order valence-electron chi connectivity index (χ2n) is 16.4. The summed E-state index contributed by atoms with van der Waals surface area (Å²) < 4.78 is 108. The minimum atomic E-state index is -5.49. The number of halogens is 2. The van der Waals surface area contributed by atoms with Crippen molar-refractivity contribution in [2.75, 3.05) is 25.6 Å². The van der Waals surface area contributed by atoms with E-state index in [0.717, 1.165) is 42.3 Å². The van der Waals surface area contributed by atoms with E-state index in [-0.39, 0.29) is 35.9 Å². The molecule has 378 valence electrons. The molecule has 3 fully saturated rings. The number of nitrogens with zero attached hydrogens (tertiary/aromatic N) is 5. The number of imidazole rings is 1. The minimum absolute atomic E-state index is 0. The highest BCUT2D eigenvalue weighted by Crippen LogP contribution is 2.64. The highest BCUT2D eigenvalue weighted by molar-refractivity contribution is 8.54. The summed E-state index contributed by atoms with van der Waals surface area (Å²) in [4.78, 5) is 64.8. The van der Waals surface area contributed by atoms with Crippen molar-refractivity contribution in [2.24, 2.45) is 0 Å². The first kappa shape index (κ1) is 52.8. The molecule has 3 aliphatic rings. The van der Waals surface area contributed by atoms with Gasteiger partial charge in [-0.15, -0.1) is 0 Å². The van der Waals surface area contributed by atoms with Crippen LogP contribution in [0.4, 0.5) is 14.6 Å². The van der Waals surface area contributed by atoms with Crippen molar-refractivity contribution < 1.29 is 64.6 Å². The Bertz CT molecular complexity index is 2770. The molecule has 0 amide bonds. The first-order valence-corrected chi connectivity index (χ1v) is 26.9. The van der Waals surface area contributed by atoms with Gasteiger partial charge in [0.25, 0.3) is 13.4 Å². The van der Waals surface area contributed by atoms with Crippen molar-refractivity contribution in [2.45, 2.75) is 113 Å². The fraction of sp³-hybridized carbons (Fsp3) is 0.477. The number of alkyl halides is 2. The van der Waals surface area contributed by atoms with Gasteiger partial charge in [0.05, 0.1) is 31.7 Å². The summed E-state index contributed by atoms with van der Waals surface area (Å²) in [6.45, 7) is -3.74. The van der Waals surface area contributed by atoms with Crippen LogP contribution in [-0.2, 0) is 42.5 Å². The van der Waals surface area contributed by atoms with Gasteiger partial charge in [-0.1, -0.05) is 64.0 Å². The number of phosphoric acid groups is 1. The largest absolute Gasteiger partial charge is 0.756 e. The molecule has 5 aromatic rings. The molecular formula is C44H53F2N7O14P2S. The van der Waals surface area contributed by atoms with E-state index >= 15 is 8.78 Å². The topological polar surface area (TPSA) is 273 Å². The van der Waals surface area contributed by atoms with Crippen LogP contribution in [0.15, 0.2) is 83.0 Å². The zero-order chi connectivity index (χ0) is 48.7. The lowest BCUT2D eigenvalue weighted by Gasteiger charge is -2.32. The number of aromatic amines is 1. The van der Waals surface area contributed by atoms with Crippen LogP contribution in [0.3, 0.4) is 0 Å². The van der Waals surface area contributed by atoms with Gasteiger partial charge in [0.2, 0.25) is 0 Å². The number of aromatic nitrogens is 6. The van der Waals surface area contributed by atoms with E-state index in [1.807, 2.05) is 4.98 Å². The number of esters is 1. The molecule has 3 saturated heterocycles. The van der Waals surface area contributed by atoms with Crippen molar-refractivity contribution in [1.29, 1.82) is 0 Å². The van der Waals surface area contributed by atoms with Gasteiger partial charge >= 0.3 is 18.5 Å². The Morgan fingerprint density at radius 2 is 1.47 bits per heavy atom. The number of hydrogen-bond acceptors (Lipinski definition) is 19. The van der Waals surface area contributed by atoms with Crippen LogP contribution in [0, 0.1) is 7.43 Å². The van der Waals surface area contributed by atoms with Crippen LogP contribution in [0.5, 0.6) is 11.5 Å². The lowest BCUT2D eigenvalue weighted by Crippen LogP contribution is -2.38. The van der Waals surface area contributed by atoms with E-state index in [0.29, 0.717) is 39.4 Å². The number of hydrogen-bond donors (Lipinski definition) is 2. The smallest absolute Gasteiger partial charge is 0.389 e. The molecule has 3 aliphatic heterocycles. The number of benzene rings is 2. The predicted molar refractivity (Wildman–Crippen MR) is 249 cm³/mol. The Morgan fingerprint density at radius 1 is 0.843 bits per heavy atom. The van der Waals surface area contributed by atoms with Crippen LogP contribution in [0.25, 0.3) is 11.2 Å². The van der Waals surface area contributed by atoms with Gasteiger partial charge in [-0.2, -0.15) is 0 Å². The fourth-order valence-electron chi connectivity index (χ4n) is 7.88. The number of rotatable bonds is 17.